The maximum absolute atomic E-state index is 8.97. The summed E-state index contributed by atoms with van der Waals surface area (Å²) in [6, 6.07) is 0. The lowest BCUT2D eigenvalue weighted by Crippen LogP contribution is -2.41. The van der Waals surface area contributed by atoms with Crippen LogP contribution in [-0.2, 0) is 0 Å². The van der Waals surface area contributed by atoms with E-state index in [2.05, 4.69) is 6.92 Å². The van der Waals surface area contributed by atoms with Gasteiger partial charge in [-0.25, -0.2) is 0 Å². The van der Waals surface area contributed by atoms with Gasteiger partial charge in [-0.05, 0) is 32.2 Å². The van der Waals surface area contributed by atoms with E-state index >= 15 is 0 Å². The highest BCUT2D eigenvalue weighted by Crippen LogP contribution is 2.22. The summed E-state index contributed by atoms with van der Waals surface area (Å²) < 4.78 is 0. The fraction of sp³-hybridized carbons (Fsp3) is 1.00. The third-order valence-corrected chi connectivity index (χ3v) is 4.75. The number of hydrogen-bond acceptors (Lipinski definition) is 3. The molecule has 0 heterocycles. The third-order valence-electron chi connectivity index (χ3n) is 4.75. The third kappa shape index (κ3) is 13.5. The summed E-state index contributed by atoms with van der Waals surface area (Å²) in [6.45, 7) is 3.16. The van der Waals surface area contributed by atoms with Crippen LogP contribution in [0.25, 0.3) is 0 Å². The van der Waals surface area contributed by atoms with Crippen LogP contribution in [0.5, 0.6) is 0 Å². The lowest BCUT2D eigenvalue weighted by atomic mass is 9.85. The summed E-state index contributed by atoms with van der Waals surface area (Å²) in [5, 5.41) is 8.97. The molecule has 0 aliphatic carbocycles. The average Bonchev–Trinajstić information content (AvgIpc) is 2.51. The molecule has 0 fully saturated rings. The molecule has 134 valence electrons. The molecule has 0 aromatic heterocycles. The van der Waals surface area contributed by atoms with Crippen molar-refractivity contribution in [2.45, 2.75) is 109 Å². The summed E-state index contributed by atoms with van der Waals surface area (Å²) in [4.78, 5) is 0. The summed E-state index contributed by atoms with van der Waals surface area (Å²) in [5.74, 6) is 0. The van der Waals surface area contributed by atoms with E-state index in [9.17, 15) is 0 Å². The van der Waals surface area contributed by atoms with Gasteiger partial charge in [0.05, 0.1) is 0 Å². The number of aliphatic hydroxyl groups is 1. The minimum atomic E-state index is -0.142. The van der Waals surface area contributed by atoms with E-state index in [-0.39, 0.29) is 12.1 Å². The van der Waals surface area contributed by atoms with Gasteiger partial charge in [0.1, 0.15) is 0 Å². The molecule has 3 heteroatoms. The highest BCUT2D eigenvalue weighted by molar-refractivity contribution is 4.84. The molecule has 0 aromatic carbocycles. The van der Waals surface area contributed by atoms with Crippen LogP contribution in [0.2, 0.25) is 0 Å². The molecule has 0 aromatic rings. The number of nitrogens with two attached hydrogens (primary N) is 2. The maximum atomic E-state index is 8.97. The van der Waals surface area contributed by atoms with Crippen molar-refractivity contribution in [3.8, 4) is 0 Å². The van der Waals surface area contributed by atoms with Crippen molar-refractivity contribution in [2.24, 2.45) is 11.5 Å². The second kappa shape index (κ2) is 15.8. The van der Waals surface area contributed by atoms with Gasteiger partial charge in [-0.3, -0.25) is 0 Å². The van der Waals surface area contributed by atoms with Gasteiger partial charge in [0, 0.05) is 12.1 Å². The predicted octanol–water partition coefficient (Wildman–Crippen LogP) is 4.51. The SMILES string of the molecule is CCCCCCCCCCCCCC(N)(CCN)CCCO. The Morgan fingerprint density at radius 2 is 1.14 bits per heavy atom. The Labute approximate surface area is 139 Å². The van der Waals surface area contributed by atoms with Crippen molar-refractivity contribution < 1.29 is 5.11 Å². The van der Waals surface area contributed by atoms with Gasteiger partial charge in [0.2, 0.25) is 0 Å². The number of aliphatic hydroxyl groups excluding tert-OH is 1. The highest BCUT2D eigenvalue weighted by Gasteiger charge is 2.22. The Bertz CT molecular complexity index is 223. The van der Waals surface area contributed by atoms with E-state index in [4.69, 9.17) is 16.6 Å². The van der Waals surface area contributed by atoms with Crippen LogP contribution in [0.1, 0.15) is 103 Å². The standard InChI is InChI=1S/C19H42N2O/c1-2-3-4-5-6-7-8-9-10-11-12-14-19(21,16-17-20)15-13-18-22/h22H,2-18,20-21H2,1H3. The van der Waals surface area contributed by atoms with Crippen molar-refractivity contribution in [1.29, 1.82) is 0 Å². The second-order valence-corrected chi connectivity index (χ2v) is 7.01. The molecule has 0 saturated heterocycles. The Kier molecular flexibility index (Phi) is 15.7. The normalized spacial score (nSPS) is 14.2. The highest BCUT2D eigenvalue weighted by atomic mass is 16.2. The van der Waals surface area contributed by atoms with E-state index in [1.165, 1.54) is 70.6 Å². The van der Waals surface area contributed by atoms with Gasteiger partial charge in [-0.2, -0.15) is 0 Å². The Morgan fingerprint density at radius 3 is 1.59 bits per heavy atom. The monoisotopic (exact) mass is 314 g/mol. The number of hydrogen-bond donors (Lipinski definition) is 3. The average molecular weight is 315 g/mol. The molecular weight excluding hydrogens is 272 g/mol. The number of rotatable bonds is 17. The van der Waals surface area contributed by atoms with E-state index < -0.39 is 0 Å². The first-order chi connectivity index (χ1) is 10.7. The first-order valence-electron chi connectivity index (χ1n) is 9.78. The molecule has 0 amide bonds. The first kappa shape index (κ1) is 21.9. The Morgan fingerprint density at radius 1 is 0.682 bits per heavy atom. The summed E-state index contributed by atoms with van der Waals surface area (Å²) in [6.07, 6.45) is 18.7. The molecular formula is C19H42N2O. The van der Waals surface area contributed by atoms with Crippen LogP contribution in [-0.4, -0.2) is 23.8 Å². The molecule has 0 aliphatic rings. The van der Waals surface area contributed by atoms with Crippen molar-refractivity contribution in [3.05, 3.63) is 0 Å². The lowest BCUT2D eigenvalue weighted by molar-refractivity contribution is 0.246. The van der Waals surface area contributed by atoms with Crippen molar-refractivity contribution in [3.63, 3.8) is 0 Å². The van der Waals surface area contributed by atoms with E-state index in [0.717, 1.165) is 25.7 Å². The molecule has 1 unspecified atom stereocenters. The second-order valence-electron chi connectivity index (χ2n) is 7.01. The van der Waals surface area contributed by atoms with Crippen LogP contribution in [0, 0.1) is 0 Å². The van der Waals surface area contributed by atoms with Crippen LogP contribution in [0.3, 0.4) is 0 Å². The van der Waals surface area contributed by atoms with Gasteiger partial charge >= 0.3 is 0 Å². The maximum Gasteiger partial charge on any atom is 0.0431 e. The summed E-state index contributed by atoms with van der Waals surface area (Å²) >= 11 is 0. The zero-order chi connectivity index (χ0) is 16.5. The molecule has 0 aliphatic heterocycles. The van der Waals surface area contributed by atoms with Crippen molar-refractivity contribution in [2.75, 3.05) is 13.2 Å². The van der Waals surface area contributed by atoms with Crippen molar-refractivity contribution >= 4 is 0 Å². The molecule has 0 radical (unpaired) electrons. The van der Waals surface area contributed by atoms with Crippen molar-refractivity contribution in [1.82, 2.24) is 0 Å². The molecule has 0 rings (SSSR count). The molecule has 1 atom stereocenters. The van der Waals surface area contributed by atoms with Gasteiger partial charge < -0.3 is 16.6 Å². The van der Waals surface area contributed by atoms with Gasteiger partial charge in [0.25, 0.3) is 0 Å². The van der Waals surface area contributed by atoms with Crippen LogP contribution < -0.4 is 11.5 Å². The van der Waals surface area contributed by atoms with Crippen LogP contribution >= 0.6 is 0 Å². The Balaban J connectivity index is 3.45. The largest absolute Gasteiger partial charge is 0.396 e. The fourth-order valence-corrected chi connectivity index (χ4v) is 3.23. The summed E-state index contributed by atoms with van der Waals surface area (Å²) in [7, 11) is 0. The fourth-order valence-electron chi connectivity index (χ4n) is 3.23. The molecule has 0 bridgehead atoms. The molecule has 3 nitrogen and oxygen atoms in total. The predicted molar refractivity (Wildman–Crippen MR) is 98.0 cm³/mol. The van der Waals surface area contributed by atoms with Gasteiger partial charge in [0.15, 0.2) is 0 Å². The van der Waals surface area contributed by atoms with Crippen LogP contribution in [0.15, 0.2) is 0 Å². The first-order valence-corrected chi connectivity index (χ1v) is 9.78. The lowest BCUT2D eigenvalue weighted by Gasteiger charge is -2.29. The van der Waals surface area contributed by atoms with E-state index in [1.54, 1.807) is 0 Å². The van der Waals surface area contributed by atoms with E-state index in [1.807, 2.05) is 0 Å². The van der Waals surface area contributed by atoms with E-state index in [0.29, 0.717) is 6.54 Å². The van der Waals surface area contributed by atoms with Crippen LogP contribution in [0.4, 0.5) is 0 Å². The minimum absolute atomic E-state index is 0.142. The van der Waals surface area contributed by atoms with Gasteiger partial charge in [-0.15, -0.1) is 0 Å². The molecule has 5 N–H and O–H groups in total. The molecule has 0 spiro atoms. The van der Waals surface area contributed by atoms with Gasteiger partial charge in [-0.1, -0.05) is 77.6 Å². The zero-order valence-corrected chi connectivity index (χ0v) is 15.1. The topological polar surface area (TPSA) is 72.3 Å². The molecule has 0 saturated carbocycles. The molecule has 22 heavy (non-hydrogen) atoms. The number of unbranched alkanes of at least 4 members (excludes halogenated alkanes) is 10. The smallest absolute Gasteiger partial charge is 0.0431 e. The Hall–Kier alpha value is -0.120. The minimum Gasteiger partial charge on any atom is -0.396 e. The summed E-state index contributed by atoms with van der Waals surface area (Å²) in [5.41, 5.74) is 12.0. The quantitative estimate of drug-likeness (QED) is 0.346. The zero-order valence-electron chi connectivity index (χ0n) is 15.1.